The zero-order chi connectivity index (χ0) is 16.8. The van der Waals surface area contributed by atoms with E-state index >= 15 is 0 Å². The molecule has 2 N–H and O–H groups in total. The fraction of sp³-hybridized carbons (Fsp3) is 0.316. The second-order valence-electron chi connectivity index (χ2n) is 5.78. The van der Waals surface area contributed by atoms with E-state index in [-0.39, 0.29) is 18.0 Å². The second-order valence-corrected chi connectivity index (χ2v) is 6.21. The van der Waals surface area contributed by atoms with Crippen molar-refractivity contribution in [2.45, 2.75) is 38.3 Å². The summed E-state index contributed by atoms with van der Waals surface area (Å²) < 4.78 is 5.53. The van der Waals surface area contributed by atoms with Crippen molar-refractivity contribution in [1.82, 2.24) is 0 Å². The highest BCUT2D eigenvalue weighted by Crippen LogP contribution is 2.27. The van der Waals surface area contributed by atoms with Crippen LogP contribution in [-0.2, 0) is 16.0 Å². The monoisotopic (exact) mass is 331 g/mol. The van der Waals surface area contributed by atoms with Crippen molar-refractivity contribution < 1.29 is 9.53 Å². The fourth-order valence-corrected chi connectivity index (χ4v) is 2.63. The molecule has 3 atom stereocenters. The molecule has 0 aliphatic heterocycles. The Kier molecular flexibility index (Phi) is 6.20. The summed E-state index contributed by atoms with van der Waals surface area (Å²) in [6, 6.07) is 17.2. The van der Waals surface area contributed by atoms with E-state index in [1.165, 1.54) is 0 Å². The normalized spacial score (nSPS) is 14.8. The molecule has 0 aliphatic rings. The highest BCUT2D eigenvalue weighted by atomic mass is 35.5. The van der Waals surface area contributed by atoms with Gasteiger partial charge in [0, 0.05) is 10.9 Å². The van der Waals surface area contributed by atoms with Crippen molar-refractivity contribution in [3.63, 3.8) is 0 Å². The Morgan fingerprint density at radius 3 is 2.26 bits per heavy atom. The molecular formula is C19H22ClNO2. The van der Waals surface area contributed by atoms with Gasteiger partial charge in [-0.2, -0.15) is 0 Å². The summed E-state index contributed by atoms with van der Waals surface area (Å²) in [5.74, 6) is -0.324. The van der Waals surface area contributed by atoms with Crippen LogP contribution in [0.5, 0.6) is 0 Å². The summed E-state index contributed by atoms with van der Waals surface area (Å²) in [6.07, 6.45) is 0.487. The first-order valence-corrected chi connectivity index (χ1v) is 8.10. The Morgan fingerprint density at radius 1 is 1.09 bits per heavy atom. The Bertz CT molecular complexity index is 626. The molecule has 0 amide bonds. The number of hydrogen-bond acceptors (Lipinski definition) is 3. The molecule has 4 heteroatoms. The second kappa shape index (κ2) is 8.14. The standard InChI is InChI=1S/C19H22ClNO2/c1-13(21)19(22)23-14(2)18(16-6-4-3-5-7-16)12-15-8-10-17(20)11-9-15/h3-11,13-14,18H,12,21H2,1-2H3/t13-,14-,18-/m0/s1. The quantitative estimate of drug-likeness (QED) is 0.815. The molecule has 3 nitrogen and oxygen atoms in total. The number of esters is 1. The molecule has 0 bridgehead atoms. The molecule has 0 fully saturated rings. The molecule has 0 aromatic heterocycles. The number of rotatable bonds is 6. The van der Waals surface area contributed by atoms with Crippen molar-refractivity contribution >= 4 is 17.6 Å². The Balaban J connectivity index is 2.21. The molecule has 2 rings (SSSR count). The molecule has 0 radical (unpaired) electrons. The average molecular weight is 332 g/mol. The minimum absolute atomic E-state index is 0.0556. The lowest BCUT2D eigenvalue weighted by atomic mass is 9.88. The van der Waals surface area contributed by atoms with E-state index in [9.17, 15) is 4.79 Å². The van der Waals surface area contributed by atoms with Crippen LogP contribution >= 0.6 is 11.6 Å². The van der Waals surface area contributed by atoms with Crippen molar-refractivity contribution in [3.05, 3.63) is 70.7 Å². The molecule has 2 aromatic carbocycles. The maximum absolute atomic E-state index is 11.8. The largest absolute Gasteiger partial charge is 0.461 e. The maximum Gasteiger partial charge on any atom is 0.322 e. The topological polar surface area (TPSA) is 52.3 Å². The van der Waals surface area contributed by atoms with Crippen LogP contribution in [0.15, 0.2) is 54.6 Å². The van der Waals surface area contributed by atoms with Gasteiger partial charge in [-0.1, -0.05) is 54.1 Å². The number of hydrogen-bond donors (Lipinski definition) is 1. The number of carbonyl (C=O) groups is 1. The van der Waals surface area contributed by atoms with Crippen molar-refractivity contribution in [1.29, 1.82) is 0 Å². The molecule has 2 aromatic rings. The lowest BCUT2D eigenvalue weighted by Crippen LogP contribution is -2.34. The van der Waals surface area contributed by atoms with Crippen molar-refractivity contribution in [2.24, 2.45) is 5.73 Å². The number of carbonyl (C=O) groups excluding carboxylic acids is 1. The van der Waals surface area contributed by atoms with Crippen molar-refractivity contribution in [2.75, 3.05) is 0 Å². The van der Waals surface area contributed by atoms with E-state index in [0.717, 1.165) is 17.5 Å². The van der Waals surface area contributed by atoms with E-state index in [0.29, 0.717) is 5.02 Å². The number of halogens is 1. The predicted molar refractivity (Wildman–Crippen MR) is 93.5 cm³/mol. The van der Waals surface area contributed by atoms with Gasteiger partial charge in [-0.15, -0.1) is 0 Å². The Morgan fingerprint density at radius 2 is 1.70 bits per heavy atom. The summed E-state index contributed by atoms with van der Waals surface area (Å²) in [7, 11) is 0. The molecule has 0 saturated carbocycles. The van der Waals surface area contributed by atoms with Crippen LogP contribution in [0.2, 0.25) is 5.02 Å². The van der Waals surface area contributed by atoms with E-state index in [1.54, 1.807) is 6.92 Å². The summed E-state index contributed by atoms with van der Waals surface area (Å²) in [4.78, 5) is 11.8. The molecule has 122 valence electrons. The van der Waals surface area contributed by atoms with Gasteiger partial charge in [0.2, 0.25) is 0 Å². The van der Waals surface area contributed by atoms with Gasteiger partial charge >= 0.3 is 5.97 Å². The zero-order valence-corrected chi connectivity index (χ0v) is 14.2. The highest BCUT2D eigenvalue weighted by molar-refractivity contribution is 6.30. The van der Waals surface area contributed by atoms with Gasteiger partial charge in [0.15, 0.2) is 0 Å². The maximum atomic E-state index is 11.8. The molecule has 0 aliphatic carbocycles. The average Bonchev–Trinajstić information content (AvgIpc) is 2.54. The minimum atomic E-state index is -0.621. The van der Waals surface area contributed by atoms with Gasteiger partial charge in [-0.25, -0.2) is 0 Å². The molecule has 0 saturated heterocycles. The number of ether oxygens (including phenoxy) is 1. The SMILES string of the molecule is C[C@H](N)C(=O)O[C@@H](C)[C@H](Cc1ccc(Cl)cc1)c1ccccc1. The van der Waals surface area contributed by atoms with Gasteiger partial charge in [0.1, 0.15) is 12.1 Å². The number of nitrogens with two attached hydrogens (primary N) is 1. The summed E-state index contributed by atoms with van der Waals surface area (Å²) >= 11 is 5.95. The zero-order valence-electron chi connectivity index (χ0n) is 13.4. The predicted octanol–water partition coefficient (Wildman–Crippen LogP) is 3.95. The molecule has 23 heavy (non-hydrogen) atoms. The van der Waals surface area contributed by atoms with Gasteiger partial charge in [0.05, 0.1) is 0 Å². The van der Waals surface area contributed by atoms with E-state index < -0.39 is 6.04 Å². The molecular weight excluding hydrogens is 310 g/mol. The first-order valence-electron chi connectivity index (χ1n) is 7.73. The van der Waals surface area contributed by atoms with Gasteiger partial charge in [-0.3, -0.25) is 4.79 Å². The first-order chi connectivity index (χ1) is 11.0. The van der Waals surface area contributed by atoms with Gasteiger partial charge in [-0.05, 0) is 43.5 Å². The van der Waals surface area contributed by atoms with Crippen LogP contribution in [0.1, 0.15) is 30.9 Å². The summed E-state index contributed by atoms with van der Waals surface area (Å²) in [5, 5.41) is 0.710. The molecule has 0 heterocycles. The fourth-order valence-electron chi connectivity index (χ4n) is 2.50. The van der Waals surface area contributed by atoms with Crippen LogP contribution in [0.25, 0.3) is 0 Å². The third-order valence-corrected chi connectivity index (χ3v) is 4.09. The first kappa shape index (κ1) is 17.5. The molecule has 0 spiro atoms. The smallest absolute Gasteiger partial charge is 0.322 e. The van der Waals surface area contributed by atoms with Gasteiger partial charge < -0.3 is 10.5 Å². The lowest BCUT2D eigenvalue weighted by molar-refractivity contribution is -0.150. The Hall–Kier alpha value is -1.84. The van der Waals surface area contributed by atoms with Crippen molar-refractivity contribution in [3.8, 4) is 0 Å². The van der Waals surface area contributed by atoms with Crippen LogP contribution in [0, 0.1) is 0 Å². The van der Waals surface area contributed by atoms with Crippen LogP contribution in [-0.4, -0.2) is 18.1 Å². The number of benzene rings is 2. The third-order valence-electron chi connectivity index (χ3n) is 3.84. The van der Waals surface area contributed by atoms with E-state index in [2.05, 4.69) is 12.1 Å². The van der Waals surface area contributed by atoms with Crippen LogP contribution in [0.4, 0.5) is 0 Å². The third kappa shape index (κ3) is 5.08. The van der Waals surface area contributed by atoms with Crippen LogP contribution in [0.3, 0.4) is 0 Å². The summed E-state index contributed by atoms with van der Waals surface area (Å²) in [5.41, 5.74) is 7.88. The van der Waals surface area contributed by atoms with E-state index in [1.807, 2.05) is 49.4 Å². The Labute approximate surface area is 142 Å². The molecule has 0 unspecified atom stereocenters. The van der Waals surface area contributed by atoms with Crippen LogP contribution < -0.4 is 5.73 Å². The lowest BCUT2D eigenvalue weighted by Gasteiger charge is -2.25. The highest BCUT2D eigenvalue weighted by Gasteiger charge is 2.24. The van der Waals surface area contributed by atoms with Gasteiger partial charge in [0.25, 0.3) is 0 Å². The summed E-state index contributed by atoms with van der Waals surface area (Å²) in [6.45, 7) is 3.54. The minimum Gasteiger partial charge on any atom is -0.461 e. The van der Waals surface area contributed by atoms with E-state index in [4.69, 9.17) is 22.1 Å².